The molecule has 98 valence electrons. The van der Waals surface area contributed by atoms with Crippen LogP contribution in [0.4, 0.5) is 14.5 Å². The lowest BCUT2D eigenvalue weighted by molar-refractivity contribution is -0.117. The molecule has 1 heterocycles. The first-order valence-electron chi connectivity index (χ1n) is 5.23. The van der Waals surface area contributed by atoms with E-state index in [2.05, 4.69) is 5.32 Å². The summed E-state index contributed by atoms with van der Waals surface area (Å²) in [4.78, 5) is 12.8. The van der Waals surface area contributed by atoms with Gasteiger partial charge in [-0.15, -0.1) is 0 Å². The largest absolute Gasteiger partial charge is 0.305 e. The quantitative estimate of drug-likeness (QED) is 0.863. The minimum absolute atomic E-state index is 0.129. The lowest BCUT2D eigenvalue weighted by Crippen LogP contribution is -2.40. The van der Waals surface area contributed by atoms with Gasteiger partial charge in [0, 0.05) is 5.69 Å². The first-order chi connectivity index (χ1) is 8.39. The molecule has 1 aliphatic rings. The fourth-order valence-corrected chi connectivity index (χ4v) is 2.00. The third-order valence-corrected chi connectivity index (χ3v) is 3.30. The van der Waals surface area contributed by atoms with Crippen molar-refractivity contribution in [2.24, 2.45) is 0 Å². The van der Waals surface area contributed by atoms with Crippen molar-refractivity contribution in [3.8, 4) is 0 Å². The molecule has 3 nitrogen and oxygen atoms in total. The Morgan fingerprint density at radius 1 is 1.28 bits per heavy atom. The topological polar surface area (TPSA) is 32.3 Å². The molecule has 1 amide bonds. The highest BCUT2D eigenvalue weighted by Crippen LogP contribution is 2.29. The molecular weight excluding hydrogens is 285 g/mol. The van der Waals surface area contributed by atoms with E-state index in [1.807, 2.05) is 0 Å². The van der Waals surface area contributed by atoms with E-state index in [1.165, 1.54) is 18.2 Å². The number of hydrogen-bond donors (Lipinski definition) is 1. The molecular formula is C11H10Cl2F2N2O. The highest BCUT2D eigenvalue weighted by Gasteiger charge is 2.37. The minimum Gasteiger partial charge on any atom is -0.305 e. The summed E-state index contributed by atoms with van der Waals surface area (Å²) in [6.07, 6.45) is 0. The van der Waals surface area contributed by atoms with Crippen molar-refractivity contribution < 1.29 is 13.6 Å². The van der Waals surface area contributed by atoms with Crippen LogP contribution in [0.15, 0.2) is 18.2 Å². The summed E-state index contributed by atoms with van der Waals surface area (Å²) in [5.41, 5.74) is 0.317. The maximum Gasteiger partial charge on any atom is 0.277 e. The van der Waals surface area contributed by atoms with Gasteiger partial charge in [-0.05, 0) is 18.2 Å². The molecule has 0 radical (unpaired) electrons. The van der Waals surface area contributed by atoms with Crippen molar-refractivity contribution in [2.75, 3.05) is 24.5 Å². The van der Waals surface area contributed by atoms with Crippen molar-refractivity contribution in [1.29, 1.82) is 0 Å². The van der Waals surface area contributed by atoms with E-state index in [0.29, 0.717) is 10.7 Å². The molecule has 0 aromatic heterocycles. The smallest absolute Gasteiger partial charge is 0.277 e. The second-order valence-electron chi connectivity index (χ2n) is 4.04. The van der Waals surface area contributed by atoms with Gasteiger partial charge in [0.2, 0.25) is 5.91 Å². The molecule has 1 saturated heterocycles. The zero-order valence-corrected chi connectivity index (χ0v) is 10.7. The highest BCUT2D eigenvalue weighted by atomic mass is 35.5. The molecule has 0 unspecified atom stereocenters. The first-order valence-corrected chi connectivity index (χ1v) is 5.99. The molecule has 1 N–H and O–H groups in total. The Morgan fingerprint density at radius 2 is 2.00 bits per heavy atom. The Hall–Kier alpha value is -0.910. The number of hydrogen-bond acceptors (Lipinski definition) is 2. The average Bonchev–Trinajstić information content (AvgIpc) is 2.42. The van der Waals surface area contributed by atoms with Crippen molar-refractivity contribution in [3.63, 3.8) is 0 Å². The summed E-state index contributed by atoms with van der Waals surface area (Å²) in [5.74, 6) is -3.40. The lowest BCUT2D eigenvalue weighted by Gasteiger charge is -2.24. The monoisotopic (exact) mass is 294 g/mol. The van der Waals surface area contributed by atoms with Crippen LogP contribution in [0.5, 0.6) is 0 Å². The second kappa shape index (κ2) is 4.99. The number of benzene rings is 1. The maximum atomic E-state index is 13.4. The molecule has 2 rings (SSSR count). The van der Waals surface area contributed by atoms with Gasteiger partial charge in [0.25, 0.3) is 5.92 Å². The first kappa shape index (κ1) is 13.5. The standard InChI is InChI=1S/C11H10Cl2F2N2O/c12-8-2-1-7(3-9(8)13)17-6-11(14,15)5-16-4-10(17)18/h1-3,16H,4-6H2. The number of rotatable bonds is 1. The third kappa shape index (κ3) is 2.91. The van der Waals surface area contributed by atoms with Crippen LogP contribution >= 0.6 is 23.2 Å². The molecule has 0 bridgehead atoms. The van der Waals surface area contributed by atoms with Crippen molar-refractivity contribution >= 4 is 34.8 Å². The fraction of sp³-hybridized carbons (Fsp3) is 0.364. The lowest BCUT2D eigenvalue weighted by atomic mass is 10.2. The van der Waals surface area contributed by atoms with E-state index < -0.39 is 24.9 Å². The van der Waals surface area contributed by atoms with E-state index in [9.17, 15) is 13.6 Å². The predicted octanol–water partition coefficient (Wildman–Crippen LogP) is 2.56. The van der Waals surface area contributed by atoms with Crippen LogP contribution in [0.2, 0.25) is 10.0 Å². The van der Waals surface area contributed by atoms with E-state index in [4.69, 9.17) is 23.2 Å². The average molecular weight is 295 g/mol. The van der Waals surface area contributed by atoms with E-state index in [1.54, 1.807) is 0 Å². The summed E-state index contributed by atoms with van der Waals surface area (Å²) in [6.45, 7) is -1.32. The van der Waals surface area contributed by atoms with Gasteiger partial charge in [-0.2, -0.15) is 0 Å². The normalized spacial score (nSPS) is 19.8. The van der Waals surface area contributed by atoms with Gasteiger partial charge in [-0.3, -0.25) is 4.79 Å². The molecule has 7 heteroatoms. The predicted molar refractivity (Wildman–Crippen MR) is 66.6 cm³/mol. The Bertz CT molecular complexity index is 482. The maximum absolute atomic E-state index is 13.4. The number of alkyl halides is 2. The summed E-state index contributed by atoms with van der Waals surface area (Å²) in [5, 5.41) is 2.95. The molecule has 0 atom stereocenters. The van der Waals surface area contributed by atoms with Crippen LogP contribution in [-0.2, 0) is 4.79 Å². The van der Waals surface area contributed by atoms with Gasteiger partial charge < -0.3 is 10.2 Å². The Kier molecular flexibility index (Phi) is 3.75. The van der Waals surface area contributed by atoms with Crippen LogP contribution < -0.4 is 10.2 Å². The highest BCUT2D eigenvalue weighted by molar-refractivity contribution is 6.42. The minimum atomic E-state index is -2.97. The molecule has 1 fully saturated rings. The zero-order valence-electron chi connectivity index (χ0n) is 9.22. The third-order valence-electron chi connectivity index (χ3n) is 2.57. The van der Waals surface area contributed by atoms with Crippen molar-refractivity contribution in [1.82, 2.24) is 5.32 Å². The van der Waals surface area contributed by atoms with E-state index in [-0.39, 0.29) is 11.6 Å². The van der Waals surface area contributed by atoms with Crippen molar-refractivity contribution in [3.05, 3.63) is 28.2 Å². The van der Waals surface area contributed by atoms with E-state index in [0.717, 1.165) is 4.90 Å². The number of carbonyl (C=O) groups is 1. The molecule has 0 saturated carbocycles. The number of halogens is 4. The molecule has 1 aromatic carbocycles. The molecule has 0 aliphatic carbocycles. The van der Waals surface area contributed by atoms with E-state index >= 15 is 0 Å². The Labute approximate surface area is 113 Å². The number of amides is 1. The molecule has 1 aromatic rings. The van der Waals surface area contributed by atoms with Crippen LogP contribution in [0.1, 0.15) is 0 Å². The second-order valence-corrected chi connectivity index (χ2v) is 4.85. The van der Waals surface area contributed by atoms with Crippen LogP contribution in [0, 0.1) is 0 Å². The zero-order chi connectivity index (χ0) is 13.3. The van der Waals surface area contributed by atoms with Gasteiger partial charge in [0.05, 0.1) is 29.7 Å². The molecule has 1 aliphatic heterocycles. The van der Waals surface area contributed by atoms with Crippen LogP contribution in [-0.4, -0.2) is 31.5 Å². The Morgan fingerprint density at radius 3 is 2.67 bits per heavy atom. The van der Waals surface area contributed by atoms with Gasteiger partial charge in [0.15, 0.2) is 0 Å². The Balaban J connectivity index is 2.33. The summed E-state index contributed by atoms with van der Waals surface area (Å²) in [7, 11) is 0. The molecule has 18 heavy (non-hydrogen) atoms. The number of nitrogens with one attached hydrogen (secondary N) is 1. The number of anilines is 1. The fourth-order valence-electron chi connectivity index (χ4n) is 1.71. The van der Waals surface area contributed by atoms with Gasteiger partial charge in [-0.1, -0.05) is 23.2 Å². The van der Waals surface area contributed by atoms with Crippen molar-refractivity contribution in [2.45, 2.75) is 5.92 Å². The summed E-state index contributed by atoms with van der Waals surface area (Å²) in [6, 6.07) is 4.37. The van der Waals surface area contributed by atoms with Gasteiger partial charge in [-0.25, -0.2) is 8.78 Å². The van der Waals surface area contributed by atoms with Crippen LogP contribution in [0.25, 0.3) is 0 Å². The number of nitrogens with zero attached hydrogens (tertiary/aromatic N) is 1. The van der Waals surface area contributed by atoms with Gasteiger partial charge in [0.1, 0.15) is 0 Å². The SMILES string of the molecule is O=C1CNCC(F)(F)CN1c1ccc(Cl)c(Cl)c1. The number of carbonyl (C=O) groups excluding carboxylic acids is 1. The summed E-state index contributed by atoms with van der Waals surface area (Å²) >= 11 is 11.6. The van der Waals surface area contributed by atoms with Crippen LogP contribution in [0.3, 0.4) is 0 Å². The molecule has 0 spiro atoms. The summed E-state index contributed by atoms with van der Waals surface area (Å²) < 4.78 is 26.9. The van der Waals surface area contributed by atoms with Gasteiger partial charge >= 0.3 is 0 Å².